The number of para-hydroxylation sites is 1. The van der Waals surface area contributed by atoms with Crippen LogP contribution in [-0.4, -0.2) is 19.5 Å². The molecule has 0 aliphatic carbocycles. The van der Waals surface area contributed by atoms with Gasteiger partial charge in [0, 0.05) is 93.7 Å². The van der Waals surface area contributed by atoms with E-state index in [2.05, 4.69) is 211 Å². The first-order valence-electron chi connectivity index (χ1n) is 22.7. The molecule has 10 aromatic carbocycles. The molecule has 0 unspecified atom stereocenters. The predicted molar refractivity (Wildman–Crippen MR) is 292 cm³/mol. The SMILES string of the molecule is c1ccc2cc3c(cc2c1)c1ccccc1n3-c1ccc(-c2nc(-c3ccc4c(c3)sc3ccccc34)nc(-c3ccc4c(c3)sc3ccccc34)n2)c(-c2ccc3sc4ccccc4c3c2)c1. The molecule has 68 heavy (non-hydrogen) atoms. The van der Waals surface area contributed by atoms with E-state index in [0.717, 1.165) is 39.0 Å². The van der Waals surface area contributed by atoms with Crippen LogP contribution in [0.3, 0.4) is 0 Å². The highest BCUT2D eigenvalue weighted by Gasteiger charge is 2.21. The highest BCUT2D eigenvalue weighted by Crippen LogP contribution is 2.43. The third-order valence-corrected chi connectivity index (χ3v) is 17.1. The van der Waals surface area contributed by atoms with Crippen molar-refractivity contribution in [1.82, 2.24) is 19.5 Å². The van der Waals surface area contributed by atoms with Gasteiger partial charge in [0.25, 0.3) is 0 Å². The maximum atomic E-state index is 5.45. The molecule has 15 rings (SSSR count). The van der Waals surface area contributed by atoms with Gasteiger partial charge in [0.05, 0.1) is 11.0 Å². The van der Waals surface area contributed by atoms with Crippen molar-refractivity contribution in [3.05, 3.63) is 206 Å². The lowest BCUT2D eigenvalue weighted by Gasteiger charge is -2.16. The van der Waals surface area contributed by atoms with Crippen LogP contribution in [0.2, 0.25) is 0 Å². The van der Waals surface area contributed by atoms with E-state index in [4.69, 9.17) is 15.0 Å². The average Bonchev–Trinajstić information content (AvgIpc) is 4.16. The van der Waals surface area contributed by atoms with Crippen LogP contribution in [0.1, 0.15) is 0 Å². The second kappa shape index (κ2) is 14.7. The van der Waals surface area contributed by atoms with Gasteiger partial charge in [-0.1, -0.05) is 127 Å². The molecule has 0 bridgehead atoms. The number of thiophene rings is 3. The molecule has 7 heteroatoms. The summed E-state index contributed by atoms with van der Waals surface area (Å²) in [5.41, 5.74) is 8.41. The maximum Gasteiger partial charge on any atom is 0.164 e. The van der Waals surface area contributed by atoms with Crippen molar-refractivity contribution in [2.45, 2.75) is 0 Å². The summed E-state index contributed by atoms with van der Waals surface area (Å²) in [6.07, 6.45) is 0. The zero-order valence-corrected chi connectivity index (χ0v) is 38.6. The Bertz CT molecular complexity index is 4460. The average molecular weight is 919 g/mol. The molecule has 316 valence electrons. The van der Waals surface area contributed by atoms with Crippen LogP contribution < -0.4 is 0 Å². The van der Waals surface area contributed by atoms with Crippen molar-refractivity contribution < 1.29 is 0 Å². The number of rotatable bonds is 5. The molecular weight excluding hydrogens is 885 g/mol. The fourth-order valence-corrected chi connectivity index (χ4v) is 13.8. The molecule has 0 spiro atoms. The maximum absolute atomic E-state index is 5.45. The van der Waals surface area contributed by atoms with Gasteiger partial charge in [0.1, 0.15) is 0 Å². The van der Waals surface area contributed by atoms with Crippen LogP contribution in [0.25, 0.3) is 144 Å². The summed E-state index contributed by atoms with van der Waals surface area (Å²) >= 11 is 5.45. The molecule has 0 amide bonds. The minimum Gasteiger partial charge on any atom is -0.309 e. The van der Waals surface area contributed by atoms with Gasteiger partial charge in [0.2, 0.25) is 0 Å². The Morgan fingerprint density at radius 1 is 0.279 bits per heavy atom. The van der Waals surface area contributed by atoms with E-state index < -0.39 is 0 Å². The fraction of sp³-hybridized carbons (Fsp3) is 0. The molecule has 0 aliphatic heterocycles. The van der Waals surface area contributed by atoms with Crippen molar-refractivity contribution in [3.63, 3.8) is 0 Å². The minimum absolute atomic E-state index is 0.628. The molecule has 0 saturated carbocycles. The number of hydrogen-bond acceptors (Lipinski definition) is 6. The van der Waals surface area contributed by atoms with Crippen molar-refractivity contribution in [3.8, 4) is 51.0 Å². The molecule has 15 aromatic rings. The van der Waals surface area contributed by atoms with Gasteiger partial charge in [-0.25, -0.2) is 15.0 Å². The summed E-state index contributed by atoms with van der Waals surface area (Å²) in [5, 5.41) is 12.4. The summed E-state index contributed by atoms with van der Waals surface area (Å²) < 4.78 is 9.92. The molecule has 0 N–H and O–H groups in total. The highest BCUT2D eigenvalue weighted by atomic mass is 32.1. The van der Waals surface area contributed by atoms with E-state index in [9.17, 15) is 0 Å². The van der Waals surface area contributed by atoms with Gasteiger partial charge in [-0.15, -0.1) is 34.0 Å². The van der Waals surface area contributed by atoms with Crippen molar-refractivity contribution in [1.29, 1.82) is 0 Å². The number of fused-ring (bicyclic) bond motifs is 13. The molecule has 0 fully saturated rings. The van der Waals surface area contributed by atoms with E-state index in [1.165, 1.54) is 87.6 Å². The van der Waals surface area contributed by atoms with Gasteiger partial charge in [-0.3, -0.25) is 0 Å². The summed E-state index contributed by atoms with van der Waals surface area (Å²) in [6.45, 7) is 0. The van der Waals surface area contributed by atoms with E-state index in [1.54, 1.807) is 0 Å². The number of hydrogen-bond donors (Lipinski definition) is 0. The van der Waals surface area contributed by atoms with Gasteiger partial charge >= 0.3 is 0 Å². The van der Waals surface area contributed by atoms with Crippen LogP contribution in [0.5, 0.6) is 0 Å². The second-order valence-corrected chi connectivity index (χ2v) is 20.8. The topological polar surface area (TPSA) is 43.6 Å². The summed E-state index contributed by atoms with van der Waals surface area (Å²) in [4.78, 5) is 16.2. The molecule has 0 saturated heterocycles. The Morgan fingerprint density at radius 3 is 1.44 bits per heavy atom. The van der Waals surface area contributed by atoms with Gasteiger partial charge in [0.15, 0.2) is 17.5 Å². The normalized spacial score (nSPS) is 12.1. The Labute approximate surface area is 401 Å². The van der Waals surface area contributed by atoms with Crippen LogP contribution in [-0.2, 0) is 0 Å². The van der Waals surface area contributed by atoms with Crippen molar-refractivity contribution in [2.75, 3.05) is 0 Å². The molecular formula is C61H34N4S3. The largest absolute Gasteiger partial charge is 0.309 e. The van der Waals surface area contributed by atoms with Crippen molar-refractivity contribution in [2.24, 2.45) is 0 Å². The lowest BCUT2D eigenvalue weighted by Crippen LogP contribution is -2.02. The fourth-order valence-electron chi connectivity index (χ4n) is 10.4. The Hall–Kier alpha value is -8.07. The molecule has 0 aliphatic rings. The Morgan fingerprint density at radius 2 is 0.779 bits per heavy atom. The summed E-state index contributed by atoms with van der Waals surface area (Å²) in [6, 6.07) is 75.1. The van der Waals surface area contributed by atoms with Crippen LogP contribution in [0.4, 0.5) is 0 Å². The zero-order valence-electron chi connectivity index (χ0n) is 36.1. The van der Waals surface area contributed by atoms with Crippen LogP contribution in [0.15, 0.2) is 206 Å². The lowest BCUT2D eigenvalue weighted by atomic mass is 9.96. The first-order valence-corrected chi connectivity index (χ1v) is 25.2. The first-order chi connectivity index (χ1) is 33.6. The summed E-state index contributed by atoms with van der Waals surface area (Å²) in [5.74, 6) is 1.91. The van der Waals surface area contributed by atoms with Crippen molar-refractivity contribution >= 4 is 127 Å². The molecule has 5 heterocycles. The van der Waals surface area contributed by atoms with Gasteiger partial charge < -0.3 is 4.57 Å². The predicted octanol–water partition coefficient (Wildman–Crippen LogP) is 17.9. The van der Waals surface area contributed by atoms with Gasteiger partial charge in [-0.2, -0.15) is 0 Å². The summed E-state index contributed by atoms with van der Waals surface area (Å²) in [7, 11) is 0. The first kappa shape index (κ1) is 38.1. The zero-order chi connectivity index (χ0) is 44.5. The second-order valence-electron chi connectivity index (χ2n) is 17.5. The third-order valence-electron chi connectivity index (χ3n) is 13.6. The molecule has 4 nitrogen and oxygen atoms in total. The Kier molecular flexibility index (Phi) is 8.24. The van der Waals surface area contributed by atoms with Crippen LogP contribution in [0, 0.1) is 0 Å². The molecule has 5 aromatic heterocycles. The minimum atomic E-state index is 0.628. The monoisotopic (exact) mass is 918 g/mol. The van der Waals surface area contributed by atoms with E-state index in [0.29, 0.717) is 17.5 Å². The number of aromatic nitrogens is 4. The van der Waals surface area contributed by atoms with E-state index >= 15 is 0 Å². The molecule has 0 atom stereocenters. The van der Waals surface area contributed by atoms with E-state index in [1.807, 2.05) is 34.0 Å². The third kappa shape index (κ3) is 5.86. The lowest BCUT2D eigenvalue weighted by molar-refractivity contribution is 1.07. The van der Waals surface area contributed by atoms with Crippen LogP contribution >= 0.6 is 34.0 Å². The van der Waals surface area contributed by atoms with Gasteiger partial charge in [-0.05, 0) is 101 Å². The standard InChI is InChI=1S/C61H34N4S3/c1-2-12-36-31-52-49(29-35(36)11-1)41-13-3-7-17-51(41)65(52)40-24-27-47(48(34-40)37-23-28-56-50(30-37)44-16-6-10-20-55(44)66-56)61-63-59(38-21-25-45-42-14-4-8-18-53(42)67-57(45)32-38)62-60(64-61)39-22-26-46-43-15-5-9-19-54(43)68-58(46)33-39/h1-34H. The Balaban J connectivity index is 0.995. The smallest absolute Gasteiger partial charge is 0.164 e. The number of benzene rings is 10. The quantitative estimate of drug-likeness (QED) is 0.173. The van der Waals surface area contributed by atoms with E-state index in [-0.39, 0.29) is 0 Å². The highest BCUT2D eigenvalue weighted by molar-refractivity contribution is 7.26. The molecule has 0 radical (unpaired) electrons. The number of nitrogens with zero attached hydrogens (tertiary/aromatic N) is 4.